The second-order valence-electron chi connectivity index (χ2n) is 4.62. The zero-order valence-corrected chi connectivity index (χ0v) is 10.6. The number of nitrogens with zero attached hydrogens (tertiary/aromatic N) is 2. The third-order valence-corrected chi connectivity index (χ3v) is 3.33. The van der Waals surface area contributed by atoms with Crippen LogP contribution in [-0.2, 0) is 0 Å². The zero-order valence-electron chi connectivity index (χ0n) is 10.6. The van der Waals surface area contributed by atoms with Gasteiger partial charge in [0.1, 0.15) is 5.82 Å². The zero-order chi connectivity index (χ0) is 13.0. The smallest absolute Gasteiger partial charge is 0.147 e. The number of nitriles is 1. The highest BCUT2D eigenvalue weighted by Crippen LogP contribution is 2.24. The average molecular weight is 247 g/mol. The molecule has 0 bridgehead atoms. The van der Waals surface area contributed by atoms with Crippen LogP contribution in [0.25, 0.3) is 0 Å². The van der Waals surface area contributed by atoms with Crippen LogP contribution in [0.5, 0.6) is 0 Å². The van der Waals surface area contributed by atoms with Gasteiger partial charge in [0.05, 0.1) is 17.3 Å². The highest BCUT2D eigenvalue weighted by molar-refractivity contribution is 5.52. The normalized spacial score (nSPS) is 18.6. The first-order valence-corrected chi connectivity index (χ1v) is 6.43. The minimum Gasteiger partial charge on any atom is -0.365 e. The van der Waals surface area contributed by atoms with Crippen LogP contribution in [0.15, 0.2) is 18.2 Å². The molecule has 4 heteroatoms. The van der Waals surface area contributed by atoms with E-state index in [-0.39, 0.29) is 5.82 Å². The van der Waals surface area contributed by atoms with Crippen LogP contribution >= 0.6 is 0 Å². The van der Waals surface area contributed by atoms with E-state index in [4.69, 9.17) is 5.26 Å². The fraction of sp³-hybridized carbons (Fsp3) is 0.500. The maximum Gasteiger partial charge on any atom is 0.147 e. The third kappa shape index (κ3) is 2.62. The summed E-state index contributed by atoms with van der Waals surface area (Å²) in [5.74, 6) is -0.297. The van der Waals surface area contributed by atoms with E-state index in [1.54, 1.807) is 12.1 Å². The van der Waals surface area contributed by atoms with Crippen molar-refractivity contribution < 1.29 is 4.39 Å². The van der Waals surface area contributed by atoms with Crippen LogP contribution in [0, 0.1) is 17.1 Å². The Kier molecular flexibility index (Phi) is 4.16. The summed E-state index contributed by atoms with van der Waals surface area (Å²) in [6.45, 7) is 4.83. The van der Waals surface area contributed by atoms with Gasteiger partial charge in [-0.1, -0.05) is 6.92 Å². The van der Waals surface area contributed by atoms with Crippen molar-refractivity contribution in [2.75, 3.05) is 24.5 Å². The Labute approximate surface area is 107 Å². The van der Waals surface area contributed by atoms with Crippen LogP contribution in [0.2, 0.25) is 0 Å². The van der Waals surface area contributed by atoms with Crippen molar-refractivity contribution in [2.45, 2.75) is 25.8 Å². The quantitative estimate of drug-likeness (QED) is 0.887. The molecule has 2 rings (SSSR count). The van der Waals surface area contributed by atoms with Gasteiger partial charge in [0.15, 0.2) is 0 Å². The highest BCUT2D eigenvalue weighted by Gasteiger charge is 2.23. The molecule has 96 valence electrons. The van der Waals surface area contributed by atoms with E-state index in [0.717, 1.165) is 32.5 Å². The lowest BCUT2D eigenvalue weighted by molar-refractivity contribution is 0.580. The highest BCUT2D eigenvalue weighted by atomic mass is 19.1. The van der Waals surface area contributed by atoms with E-state index in [0.29, 0.717) is 17.3 Å². The second-order valence-corrected chi connectivity index (χ2v) is 4.62. The molecule has 1 aliphatic rings. The van der Waals surface area contributed by atoms with Crippen LogP contribution in [0.3, 0.4) is 0 Å². The van der Waals surface area contributed by atoms with E-state index in [9.17, 15) is 4.39 Å². The fourth-order valence-electron chi connectivity index (χ4n) is 2.46. The predicted molar refractivity (Wildman–Crippen MR) is 70.0 cm³/mol. The largest absolute Gasteiger partial charge is 0.365 e. The molecule has 0 radical (unpaired) electrons. The Morgan fingerprint density at radius 2 is 2.39 bits per heavy atom. The molecule has 1 aliphatic heterocycles. The van der Waals surface area contributed by atoms with Crippen molar-refractivity contribution in [1.82, 2.24) is 5.32 Å². The molecule has 0 aliphatic carbocycles. The topological polar surface area (TPSA) is 39.1 Å². The summed E-state index contributed by atoms with van der Waals surface area (Å²) >= 11 is 0. The molecule has 1 aromatic rings. The van der Waals surface area contributed by atoms with Gasteiger partial charge in [0.25, 0.3) is 0 Å². The second kappa shape index (κ2) is 5.83. The number of halogens is 1. The van der Waals surface area contributed by atoms with Gasteiger partial charge < -0.3 is 10.2 Å². The lowest BCUT2D eigenvalue weighted by Gasteiger charge is -2.30. The standard InChI is InChI=1S/C14H18FN3/c1-2-7-18(12-5-6-17-10-12)14-4-3-11(9-16)8-13(14)15/h3-4,8,12,17H,2,5-7,10H2,1H3. The first kappa shape index (κ1) is 12.8. The lowest BCUT2D eigenvalue weighted by Crippen LogP contribution is -2.38. The molecule has 1 unspecified atom stereocenters. The van der Waals surface area contributed by atoms with Crippen molar-refractivity contribution in [3.63, 3.8) is 0 Å². The summed E-state index contributed by atoms with van der Waals surface area (Å²) in [5, 5.41) is 12.1. The number of anilines is 1. The Bertz CT molecular complexity index is 447. The number of rotatable bonds is 4. The van der Waals surface area contributed by atoms with Gasteiger partial charge in [0.2, 0.25) is 0 Å². The van der Waals surface area contributed by atoms with E-state index < -0.39 is 0 Å². The molecule has 0 aromatic heterocycles. The van der Waals surface area contributed by atoms with Gasteiger partial charge in [-0.3, -0.25) is 0 Å². The third-order valence-electron chi connectivity index (χ3n) is 3.33. The van der Waals surface area contributed by atoms with Gasteiger partial charge in [0, 0.05) is 19.1 Å². The van der Waals surface area contributed by atoms with Gasteiger partial charge in [-0.25, -0.2) is 4.39 Å². The minimum absolute atomic E-state index is 0.297. The predicted octanol–water partition coefficient (Wildman–Crippen LogP) is 2.28. The molecule has 1 atom stereocenters. The van der Waals surface area contributed by atoms with Gasteiger partial charge in [-0.2, -0.15) is 5.26 Å². The molecule has 1 saturated heterocycles. The van der Waals surface area contributed by atoms with Crippen molar-refractivity contribution >= 4 is 5.69 Å². The van der Waals surface area contributed by atoms with Gasteiger partial charge >= 0.3 is 0 Å². The fourth-order valence-corrected chi connectivity index (χ4v) is 2.46. The molecule has 1 heterocycles. The van der Waals surface area contributed by atoms with E-state index >= 15 is 0 Å². The summed E-state index contributed by atoms with van der Waals surface area (Å²) in [4.78, 5) is 2.12. The molecule has 0 amide bonds. The molecule has 0 spiro atoms. The summed E-state index contributed by atoms with van der Waals surface area (Å²) in [6, 6.07) is 7.05. The molecular formula is C14H18FN3. The summed E-state index contributed by atoms with van der Waals surface area (Å²) < 4.78 is 14.1. The van der Waals surface area contributed by atoms with Crippen LogP contribution < -0.4 is 10.2 Å². The Morgan fingerprint density at radius 1 is 1.56 bits per heavy atom. The molecule has 1 aromatic carbocycles. The van der Waals surface area contributed by atoms with E-state index in [2.05, 4.69) is 17.1 Å². The van der Waals surface area contributed by atoms with Crippen molar-refractivity contribution in [3.8, 4) is 6.07 Å². The van der Waals surface area contributed by atoms with E-state index in [1.807, 2.05) is 6.07 Å². The Balaban J connectivity index is 2.27. The molecule has 1 N–H and O–H groups in total. The SMILES string of the molecule is CCCN(c1ccc(C#N)cc1F)C1CCNC1. The minimum atomic E-state index is -0.297. The van der Waals surface area contributed by atoms with Crippen LogP contribution in [0.1, 0.15) is 25.3 Å². The summed E-state index contributed by atoms with van der Waals surface area (Å²) in [7, 11) is 0. The molecular weight excluding hydrogens is 229 g/mol. The first-order valence-electron chi connectivity index (χ1n) is 6.43. The van der Waals surface area contributed by atoms with Gasteiger partial charge in [-0.15, -0.1) is 0 Å². The molecule has 18 heavy (non-hydrogen) atoms. The first-order chi connectivity index (χ1) is 8.76. The van der Waals surface area contributed by atoms with Crippen LogP contribution in [0.4, 0.5) is 10.1 Å². The molecule has 1 fully saturated rings. The number of hydrogen-bond donors (Lipinski definition) is 1. The Hall–Kier alpha value is -1.60. The van der Waals surface area contributed by atoms with E-state index in [1.165, 1.54) is 6.07 Å². The summed E-state index contributed by atoms with van der Waals surface area (Å²) in [6.07, 6.45) is 2.02. The molecule has 0 saturated carbocycles. The van der Waals surface area contributed by atoms with Crippen LogP contribution in [-0.4, -0.2) is 25.7 Å². The monoisotopic (exact) mass is 247 g/mol. The number of nitrogens with one attached hydrogen (secondary N) is 1. The van der Waals surface area contributed by atoms with Crippen molar-refractivity contribution in [3.05, 3.63) is 29.6 Å². The van der Waals surface area contributed by atoms with Crippen molar-refractivity contribution in [1.29, 1.82) is 5.26 Å². The Morgan fingerprint density at radius 3 is 2.94 bits per heavy atom. The lowest BCUT2D eigenvalue weighted by atomic mass is 10.1. The maximum absolute atomic E-state index is 14.1. The average Bonchev–Trinajstić information content (AvgIpc) is 2.90. The number of benzene rings is 1. The summed E-state index contributed by atoms with van der Waals surface area (Å²) in [5.41, 5.74) is 0.988. The number of hydrogen-bond acceptors (Lipinski definition) is 3. The molecule has 3 nitrogen and oxygen atoms in total. The maximum atomic E-state index is 14.1. The van der Waals surface area contributed by atoms with Crippen molar-refractivity contribution in [2.24, 2.45) is 0 Å². The van der Waals surface area contributed by atoms with Gasteiger partial charge in [-0.05, 0) is 37.6 Å².